The Bertz CT molecular complexity index is 515. The maximum Gasteiger partial charge on any atom is 0.217 e. The van der Waals surface area contributed by atoms with Gasteiger partial charge in [0.25, 0.3) is 0 Å². The Kier molecular flexibility index (Phi) is 17.6. The van der Waals surface area contributed by atoms with Crippen LogP contribution in [0.25, 0.3) is 0 Å². The van der Waals surface area contributed by atoms with Crippen molar-refractivity contribution in [3.05, 3.63) is 12.2 Å². The summed E-state index contributed by atoms with van der Waals surface area (Å²) in [4.78, 5) is 11.4. The first-order valence-electron chi connectivity index (χ1n) is 13.2. The molecule has 33 heavy (non-hydrogen) atoms. The van der Waals surface area contributed by atoms with Crippen LogP contribution in [-0.2, 0) is 14.3 Å². The van der Waals surface area contributed by atoms with Gasteiger partial charge in [-0.05, 0) is 32.1 Å². The van der Waals surface area contributed by atoms with E-state index in [0.717, 1.165) is 19.3 Å². The average Bonchev–Trinajstić information content (AvgIpc) is 2.80. The summed E-state index contributed by atoms with van der Waals surface area (Å²) in [6.45, 7) is 3.59. The molecule has 7 heteroatoms. The van der Waals surface area contributed by atoms with Gasteiger partial charge >= 0.3 is 0 Å². The highest BCUT2D eigenvalue weighted by molar-refractivity contribution is 5.73. The third-order valence-electron chi connectivity index (χ3n) is 6.19. The van der Waals surface area contributed by atoms with Gasteiger partial charge in [-0.25, -0.2) is 0 Å². The smallest absolute Gasteiger partial charge is 0.217 e. The van der Waals surface area contributed by atoms with E-state index < -0.39 is 37.3 Å². The van der Waals surface area contributed by atoms with Crippen molar-refractivity contribution < 1.29 is 29.6 Å². The van der Waals surface area contributed by atoms with Crippen LogP contribution in [0.15, 0.2) is 12.2 Å². The number of carbonyl (C=O) groups is 1. The van der Waals surface area contributed by atoms with E-state index in [0.29, 0.717) is 6.61 Å². The van der Waals surface area contributed by atoms with E-state index in [2.05, 4.69) is 24.4 Å². The quantitative estimate of drug-likeness (QED) is 0.168. The number of amides is 1. The van der Waals surface area contributed by atoms with Gasteiger partial charge in [-0.3, -0.25) is 4.79 Å². The monoisotopic (exact) mass is 471 g/mol. The number of hydrogen-bond acceptors (Lipinski definition) is 6. The molecule has 4 N–H and O–H groups in total. The number of carbonyl (C=O) groups excluding carboxylic acids is 1. The molecule has 1 saturated heterocycles. The minimum absolute atomic E-state index is 0.344. The molecule has 1 aliphatic heterocycles. The van der Waals surface area contributed by atoms with E-state index >= 15 is 0 Å². The van der Waals surface area contributed by atoms with Crippen molar-refractivity contribution in [3.63, 3.8) is 0 Å². The van der Waals surface area contributed by atoms with E-state index in [1.807, 2.05) is 0 Å². The Hall–Kier alpha value is -0.990. The van der Waals surface area contributed by atoms with Crippen molar-refractivity contribution in [1.82, 2.24) is 5.32 Å². The molecular formula is C26H49NO6. The largest absolute Gasteiger partial charge is 0.394 e. The second kappa shape index (κ2) is 19.3. The van der Waals surface area contributed by atoms with Crippen LogP contribution in [0, 0.1) is 0 Å². The van der Waals surface area contributed by atoms with Gasteiger partial charge < -0.3 is 30.1 Å². The van der Waals surface area contributed by atoms with Crippen LogP contribution in [0.3, 0.4) is 0 Å². The van der Waals surface area contributed by atoms with Crippen LogP contribution in [0.4, 0.5) is 0 Å². The standard InChI is InChI=1S/C26H49NO6/c1-3-4-5-6-7-8-9-10-11-12-13-14-15-16-17-18-19-32-26-23(27-21(2)29)25(31)24(30)22(20-28)33-26/h10-11,22-26,28,30-31H,3-9,12-20H2,1-2H3,(H,27,29)/b11-10-/t22-,23+,24-,25-,26+/m1/s1. The van der Waals surface area contributed by atoms with Crippen LogP contribution >= 0.6 is 0 Å². The summed E-state index contributed by atoms with van der Waals surface area (Å²) in [6, 6.07) is -0.866. The van der Waals surface area contributed by atoms with E-state index in [9.17, 15) is 20.1 Å². The van der Waals surface area contributed by atoms with E-state index in [4.69, 9.17) is 9.47 Å². The zero-order chi connectivity index (χ0) is 24.3. The second-order valence-corrected chi connectivity index (χ2v) is 9.24. The Labute approximate surface area is 200 Å². The summed E-state index contributed by atoms with van der Waals surface area (Å²) in [5, 5.41) is 32.2. The molecule has 1 aliphatic rings. The summed E-state index contributed by atoms with van der Waals surface area (Å²) >= 11 is 0. The molecule has 194 valence electrons. The van der Waals surface area contributed by atoms with Gasteiger partial charge in [-0.2, -0.15) is 0 Å². The Balaban J connectivity index is 2.05. The summed E-state index contributed by atoms with van der Waals surface area (Å²) in [5.74, 6) is -0.344. The zero-order valence-electron chi connectivity index (χ0n) is 20.9. The lowest BCUT2D eigenvalue weighted by molar-refractivity contribution is -0.270. The van der Waals surface area contributed by atoms with Crippen molar-refractivity contribution in [1.29, 1.82) is 0 Å². The molecule has 0 aliphatic carbocycles. The second-order valence-electron chi connectivity index (χ2n) is 9.24. The maximum atomic E-state index is 11.4. The highest BCUT2D eigenvalue weighted by atomic mass is 16.7. The predicted molar refractivity (Wildman–Crippen MR) is 131 cm³/mol. The van der Waals surface area contributed by atoms with Crippen LogP contribution in [0.2, 0.25) is 0 Å². The number of hydrogen-bond donors (Lipinski definition) is 4. The lowest BCUT2D eigenvalue weighted by Crippen LogP contribution is -2.64. The van der Waals surface area contributed by atoms with Gasteiger partial charge in [-0.15, -0.1) is 0 Å². The van der Waals surface area contributed by atoms with Crippen LogP contribution in [0.1, 0.15) is 104 Å². The fourth-order valence-electron chi connectivity index (χ4n) is 4.16. The molecule has 1 amide bonds. The van der Waals surface area contributed by atoms with Crippen LogP contribution in [-0.4, -0.2) is 65.1 Å². The number of allylic oxidation sites excluding steroid dienone is 2. The fourth-order valence-corrected chi connectivity index (χ4v) is 4.16. The molecule has 0 radical (unpaired) electrons. The predicted octanol–water partition coefficient (Wildman–Crippen LogP) is 3.98. The van der Waals surface area contributed by atoms with Crippen molar-refractivity contribution in [2.24, 2.45) is 0 Å². The van der Waals surface area contributed by atoms with Crippen LogP contribution < -0.4 is 5.32 Å². The summed E-state index contributed by atoms with van der Waals surface area (Å²) < 4.78 is 11.3. The molecule has 0 spiro atoms. The number of nitrogens with one attached hydrogen (secondary N) is 1. The first-order valence-corrected chi connectivity index (χ1v) is 13.2. The third kappa shape index (κ3) is 13.5. The van der Waals surface area contributed by atoms with Gasteiger partial charge in [-0.1, -0.05) is 76.9 Å². The van der Waals surface area contributed by atoms with Crippen molar-refractivity contribution in [2.75, 3.05) is 13.2 Å². The molecule has 1 rings (SSSR count). The van der Waals surface area contributed by atoms with E-state index in [1.165, 1.54) is 77.6 Å². The van der Waals surface area contributed by atoms with Gasteiger partial charge in [0.1, 0.15) is 24.4 Å². The minimum atomic E-state index is -1.28. The van der Waals surface area contributed by atoms with Gasteiger partial charge in [0.2, 0.25) is 5.91 Å². The Morgan fingerprint density at radius 2 is 1.42 bits per heavy atom. The Morgan fingerprint density at radius 1 is 0.879 bits per heavy atom. The third-order valence-corrected chi connectivity index (χ3v) is 6.19. The average molecular weight is 472 g/mol. The molecule has 7 nitrogen and oxygen atoms in total. The highest BCUT2D eigenvalue weighted by Gasteiger charge is 2.45. The van der Waals surface area contributed by atoms with Crippen molar-refractivity contribution in [2.45, 2.75) is 134 Å². The van der Waals surface area contributed by atoms with Gasteiger partial charge in [0, 0.05) is 13.5 Å². The zero-order valence-corrected chi connectivity index (χ0v) is 20.9. The van der Waals surface area contributed by atoms with E-state index in [1.54, 1.807) is 0 Å². The molecule has 0 aromatic heterocycles. The number of aliphatic hydroxyl groups excluding tert-OH is 3. The number of unbranched alkanes of at least 4 members (excludes halogenated alkanes) is 12. The SMILES string of the molecule is CCCCCCCC/C=C\CCCCCCCCO[C@H]1O[C@H](CO)[C@@H](O)[C@H](O)[C@@H]1NC(C)=O. The Morgan fingerprint density at radius 3 is 1.97 bits per heavy atom. The van der Waals surface area contributed by atoms with Gasteiger partial charge in [0.15, 0.2) is 6.29 Å². The molecule has 1 fully saturated rings. The van der Waals surface area contributed by atoms with Crippen molar-refractivity contribution >= 4 is 5.91 Å². The highest BCUT2D eigenvalue weighted by Crippen LogP contribution is 2.22. The first kappa shape index (κ1) is 30.0. The molecular weight excluding hydrogens is 422 g/mol. The number of rotatable bonds is 19. The molecule has 0 unspecified atom stereocenters. The molecule has 0 aromatic carbocycles. The fraction of sp³-hybridized carbons (Fsp3) is 0.885. The molecule has 1 heterocycles. The van der Waals surface area contributed by atoms with Gasteiger partial charge in [0.05, 0.1) is 6.61 Å². The molecule has 0 bridgehead atoms. The van der Waals surface area contributed by atoms with Crippen LogP contribution in [0.5, 0.6) is 0 Å². The first-order chi connectivity index (χ1) is 16.0. The molecule has 0 aromatic rings. The summed E-state index contributed by atoms with van der Waals surface area (Å²) in [5.41, 5.74) is 0. The lowest BCUT2D eigenvalue weighted by Gasteiger charge is -2.42. The summed E-state index contributed by atoms with van der Waals surface area (Å²) in [7, 11) is 0. The van der Waals surface area contributed by atoms with E-state index in [-0.39, 0.29) is 5.91 Å². The summed E-state index contributed by atoms with van der Waals surface area (Å²) in [6.07, 6.45) is 17.5. The molecule has 5 atom stereocenters. The lowest BCUT2D eigenvalue weighted by atomic mass is 9.97. The topological polar surface area (TPSA) is 108 Å². The van der Waals surface area contributed by atoms with Crippen molar-refractivity contribution in [3.8, 4) is 0 Å². The number of ether oxygens (including phenoxy) is 2. The molecule has 0 saturated carbocycles. The maximum absolute atomic E-state index is 11.4. The minimum Gasteiger partial charge on any atom is -0.394 e. The number of aliphatic hydroxyl groups is 3. The normalized spacial score (nSPS) is 25.5.